The van der Waals surface area contributed by atoms with Crippen molar-refractivity contribution in [1.29, 1.82) is 0 Å². The molecule has 0 aromatic heterocycles. The van der Waals surface area contributed by atoms with Crippen molar-refractivity contribution in [2.75, 3.05) is 6.61 Å². The topological polar surface area (TPSA) is 66.8 Å². The monoisotopic (exact) mass is 286 g/mol. The summed E-state index contributed by atoms with van der Waals surface area (Å²) >= 11 is 0. The Labute approximate surface area is 123 Å². The molecule has 0 atom stereocenters. The standard InChI is InChI=1S/C17H18O4/c1-2-12-3-6-14(7-4-12)21-10-9-16(19)15-8-5-13(18)11-17(15)20/h3-8,11,18,20H,2,9-10H2,1H3. The minimum Gasteiger partial charge on any atom is -0.508 e. The van der Waals surface area contributed by atoms with Crippen molar-refractivity contribution < 1.29 is 19.7 Å². The van der Waals surface area contributed by atoms with Crippen molar-refractivity contribution in [2.45, 2.75) is 19.8 Å². The Kier molecular flexibility index (Phi) is 4.82. The first-order valence-corrected chi connectivity index (χ1v) is 6.87. The fourth-order valence-corrected chi connectivity index (χ4v) is 1.97. The smallest absolute Gasteiger partial charge is 0.169 e. The lowest BCUT2D eigenvalue weighted by molar-refractivity contribution is 0.0959. The first-order valence-electron chi connectivity index (χ1n) is 6.87. The molecule has 2 aromatic carbocycles. The van der Waals surface area contributed by atoms with Crippen LogP contribution >= 0.6 is 0 Å². The van der Waals surface area contributed by atoms with E-state index in [4.69, 9.17) is 4.74 Å². The van der Waals surface area contributed by atoms with Gasteiger partial charge < -0.3 is 14.9 Å². The predicted molar refractivity (Wildman–Crippen MR) is 80.0 cm³/mol. The van der Waals surface area contributed by atoms with Gasteiger partial charge in [-0.05, 0) is 36.2 Å². The zero-order valence-electron chi connectivity index (χ0n) is 11.9. The molecule has 2 rings (SSSR count). The van der Waals surface area contributed by atoms with Gasteiger partial charge in [-0.25, -0.2) is 0 Å². The number of carbonyl (C=O) groups is 1. The molecule has 0 bridgehead atoms. The van der Waals surface area contributed by atoms with E-state index in [2.05, 4.69) is 6.92 Å². The zero-order valence-corrected chi connectivity index (χ0v) is 11.9. The highest BCUT2D eigenvalue weighted by Crippen LogP contribution is 2.23. The second kappa shape index (κ2) is 6.79. The molecule has 0 unspecified atom stereocenters. The molecule has 2 aromatic rings. The quantitative estimate of drug-likeness (QED) is 0.799. The Morgan fingerprint density at radius 2 is 1.81 bits per heavy atom. The SMILES string of the molecule is CCc1ccc(OCCC(=O)c2ccc(O)cc2O)cc1. The van der Waals surface area contributed by atoms with Gasteiger partial charge in [0.05, 0.1) is 12.2 Å². The molecule has 4 nitrogen and oxygen atoms in total. The number of Topliss-reactive ketones (excluding diaryl/α,β-unsaturated/α-hetero) is 1. The number of phenolic OH excluding ortho intramolecular Hbond substituents is 2. The third-order valence-corrected chi connectivity index (χ3v) is 3.21. The molecule has 0 radical (unpaired) electrons. The molecular weight excluding hydrogens is 268 g/mol. The normalized spacial score (nSPS) is 10.3. The molecule has 0 aliphatic carbocycles. The van der Waals surface area contributed by atoms with Gasteiger partial charge in [0.2, 0.25) is 0 Å². The van der Waals surface area contributed by atoms with Crippen molar-refractivity contribution in [3.05, 3.63) is 53.6 Å². The summed E-state index contributed by atoms with van der Waals surface area (Å²) in [6.45, 7) is 2.32. The molecule has 0 aliphatic heterocycles. The second-order valence-electron chi connectivity index (χ2n) is 4.72. The lowest BCUT2D eigenvalue weighted by Gasteiger charge is -2.07. The van der Waals surface area contributed by atoms with E-state index in [1.807, 2.05) is 24.3 Å². The van der Waals surface area contributed by atoms with Crippen LogP contribution in [0.3, 0.4) is 0 Å². The van der Waals surface area contributed by atoms with Crippen LogP contribution < -0.4 is 4.74 Å². The average Bonchev–Trinajstić information content (AvgIpc) is 2.47. The number of hydrogen-bond donors (Lipinski definition) is 2. The number of carbonyl (C=O) groups excluding carboxylic acids is 1. The highest BCUT2D eigenvalue weighted by Gasteiger charge is 2.11. The Hall–Kier alpha value is -2.49. The fourth-order valence-electron chi connectivity index (χ4n) is 1.97. The van der Waals surface area contributed by atoms with Crippen LogP contribution in [0.5, 0.6) is 17.2 Å². The lowest BCUT2D eigenvalue weighted by Crippen LogP contribution is -2.07. The zero-order chi connectivity index (χ0) is 15.2. The fraction of sp³-hybridized carbons (Fsp3) is 0.235. The molecule has 4 heteroatoms. The maximum atomic E-state index is 11.9. The number of ketones is 1. The summed E-state index contributed by atoms with van der Waals surface area (Å²) in [7, 11) is 0. The summed E-state index contributed by atoms with van der Waals surface area (Å²) in [6.07, 6.45) is 1.13. The first kappa shape index (κ1) is 14.9. The molecule has 0 aliphatic rings. The predicted octanol–water partition coefficient (Wildman–Crippen LogP) is 3.31. The summed E-state index contributed by atoms with van der Waals surface area (Å²) in [5, 5.41) is 18.8. The average molecular weight is 286 g/mol. The van der Waals surface area contributed by atoms with Crippen LogP contribution in [0, 0.1) is 0 Å². The summed E-state index contributed by atoms with van der Waals surface area (Å²) in [6, 6.07) is 11.7. The van der Waals surface area contributed by atoms with Gasteiger partial charge in [-0.15, -0.1) is 0 Å². The maximum absolute atomic E-state index is 11.9. The molecule has 21 heavy (non-hydrogen) atoms. The Morgan fingerprint density at radius 3 is 2.43 bits per heavy atom. The maximum Gasteiger partial charge on any atom is 0.169 e. The van der Waals surface area contributed by atoms with Gasteiger partial charge in [0.25, 0.3) is 0 Å². The number of hydrogen-bond acceptors (Lipinski definition) is 4. The van der Waals surface area contributed by atoms with Crippen LogP contribution in [0.1, 0.15) is 29.3 Å². The van der Waals surface area contributed by atoms with E-state index in [9.17, 15) is 15.0 Å². The minimum atomic E-state index is -0.224. The van der Waals surface area contributed by atoms with Gasteiger partial charge in [-0.3, -0.25) is 4.79 Å². The molecule has 110 valence electrons. The van der Waals surface area contributed by atoms with Gasteiger partial charge in [-0.1, -0.05) is 19.1 Å². The first-order chi connectivity index (χ1) is 10.1. The van der Waals surface area contributed by atoms with Crippen molar-refractivity contribution in [1.82, 2.24) is 0 Å². The van der Waals surface area contributed by atoms with Crippen LogP contribution in [-0.4, -0.2) is 22.6 Å². The van der Waals surface area contributed by atoms with Crippen LogP contribution in [0.15, 0.2) is 42.5 Å². The molecule has 0 saturated carbocycles. The third kappa shape index (κ3) is 3.99. The highest BCUT2D eigenvalue weighted by atomic mass is 16.5. The number of phenols is 2. The molecule has 2 N–H and O–H groups in total. The van der Waals surface area contributed by atoms with Gasteiger partial charge in [0.15, 0.2) is 5.78 Å². The Morgan fingerprint density at radius 1 is 1.10 bits per heavy atom. The van der Waals surface area contributed by atoms with Gasteiger partial charge >= 0.3 is 0 Å². The molecule has 0 amide bonds. The van der Waals surface area contributed by atoms with E-state index in [1.54, 1.807) is 0 Å². The number of aromatic hydroxyl groups is 2. The summed E-state index contributed by atoms with van der Waals surface area (Å²) in [4.78, 5) is 11.9. The summed E-state index contributed by atoms with van der Waals surface area (Å²) < 4.78 is 5.51. The van der Waals surface area contributed by atoms with E-state index >= 15 is 0 Å². The van der Waals surface area contributed by atoms with Gasteiger partial charge in [-0.2, -0.15) is 0 Å². The second-order valence-corrected chi connectivity index (χ2v) is 4.72. The molecule has 0 saturated heterocycles. The summed E-state index contributed by atoms with van der Waals surface area (Å²) in [5.41, 5.74) is 1.42. The lowest BCUT2D eigenvalue weighted by atomic mass is 10.1. The molecule has 0 spiro atoms. The summed E-state index contributed by atoms with van der Waals surface area (Å²) in [5.74, 6) is 0.205. The van der Waals surface area contributed by atoms with Crippen molar-refractivity contribution in [2.24, 2.45) is 0 Å². The number of rotatable bonds is 6. The number of ether oxygens (including phenoxy) is 1. The van der Waals surface area contributed by atoms with Crippen LogP contribution in [0.2, 0.25) is 0 Å². The molecular formula is C17H18O4. The minimum absolute atomic E-state index is 0.0729. The highest BCUT2D eigenvalue weighted by molar-refractivity contribution is 5.98. The molecule has 0 heterocycles. The van der Waals surface area contributed by atoms with Crippen LogP contribution in [-0.2, 0) is 6.42 Å². The number of aryl methyl sites for hydroxylation is 1. The van der Waals surface area contributed by atoms with Crippen LogP contribution in [0.25, 0.3) is 0 Å². The number of benzene rings is 2. The van der Waals surface area contributed by atoms with Gasteiger partial charge in [0.1, 0.15) is 17.2 Å². The van der Waals surface area contributed by atoms with Crippen molar-refractivity contribution in [3.63, 3.8) is 0 Å². The third-order valence-electron chi connectivity index (χ3n) is 3.21. The van der Waals surface area contributed by atoms with E-state index in [0.717, 1.165) is 18.2 Å². The van der Waals surface area contributed by atoms with E-state index in [0.29, 0.717) is 0 Å². The van der Waals surface area contributed by atoms with E-state index in [1.165, 1.54) is 17.7 Å². The van der Waals surface area contributed by atoms with Crippen molar-refractivity contribution >= 4 is 5.78 Å². The molecule has 0 fully saturated rings. The Balaban J connectivity index is 1.88. The van der Waals surface area contributed by atoms with E-state index < -0.39 is 0 Å². The van der Waals surface area contributed by atoms with Crippen molar-refractivity contribution in [3.8, 4) is 17.2 Å². The van der Waals surface area contributed by atoms with Crippen LogP contribution in [0.4, 0.5) is 0 Å². The largest absolute Gasteiger partial charge is 0.508 e. The van der Waals surface area contributed by atoms with Gasteiger partial charge in [0, 0.05) is 12.5 Å². The van der Waals surface area contributed by atoms with E-state index in [-0.39, 0.29) is 35.9 Å². The Bertz CT molecular complexity index is 617.